The first-order chi connectivity index (χ1) is 8.71. The number of hydrogen-bond acceptors (Lipinski definition) is 6. The minimum Gasteiger partial charge on any atom is -0.481 e. The molecule has 0 spiro atoms. The van der Waals surface area contributed by atoms with Gasteiger partial charge in [-0.25, -0.2) is 0 Å². The molecule has 1 aromatic heterocycles. The van der Waals surface area contributed by atoms with E-state index in [1.165, 1.54) is 0 Å². The van der Waals surface area contributed by atoms with E-state index in [-0.39, 0.29) is 12.1 Å². The second-order valence-corrected chi connectivity index (χ2v) is 4.55. The van der Waals surface area contributed by atoms with Crippen molar-refractivity contribution in [1.82, 2.24) is 9.97 Å². The maximum atomic E-state index is 9.55. The zero-order chi connectivity index (χ0) is 13.0. The molecule has 1 heterocycles. The quantitative estimate of drug-likeness (QED) is 0.821. The van der Waals surface area contributed by atoms with Crippen LogP contribution in [-0.4, -0.2) is 41.4 Å². The SMILES string of the molecule is COc1cc(OC)nc(NC2(CO)CCCC2)n1. The molecule has 0 radical (unpaired) electrons. The van der Waals surface area contributed by atoms with Crippen LogP contribution < -0.4 is 14.8 Å². The van der Waals surface area contributed by atoms with Crippen molar-refractivity contribution in [2.75, 3.05) is 26.1 Å². The highest BCUT2D eigenvalue weighted by molar-refractivity contribution is 5.36. The standard InChI is InChI=1S/C12H19N3O3/c1-17-9-7-10(18-2)14-11(13-9)15-12(8-16)5-3-4-6-12/h7,16H,3-6,8H2,1-2H3,(H,13,14,15). The summed E-state index contributed by atoms with van der Waals surface area (Å²) in [7, 11) is 3.09. The Morgan fingerprint density at radius 2 is 1.78 bits per heavy atom. The molecule has 6 heteroatoms. The van der Waals surface area contributed by atoms with E-state index >= 15 is 0 Å². The van der Waals surface area contributed by atoms with Crippen LogP contribution in [0.3, 0.4) is 0 Å². The molecule has 0 saturated heterocycles. The summed E-state index contributed by atoms with van der Waals surface area (Å²) in [5.41, 5.74) is -0.308. The van der Waals surface area contributed by atoms with Gasteiger partial charge < -0.3 is 19.9 Å². The van der Waals surface area contributed by atoms with E-state index in [2.05, 4.69) is 15.3 Å². The van der Waals surface area contributed by atoms with Crippen molar-refractivity contribution in [3.8, 4) is 11.8 Å². The fourth-order valence-electron chi connectivity index (χ4n) is 2.28. The summed E-state index contributed by atoms with van der Waals surface area (Å²) >= 11 is 0. The molecule has 100 valence electrons. The second kappa shape index (κ2) is 5.39. The molecular weight excluding hydrogens is 234 g/mol. The van der Waals surface area contributed by atoms with Crippen LogP contribution in [-0.2, 0) is 0 Å². The van der Waals surface area contributed by atoms with Crippen LogP contribution in [0.1, 0.15) is 25.7 Å². The molecule has 2 N–H and O–H groups in total. The summed E-state index contributed by atoms with van der Waals surface area (Å²) in [6, 6.07) is 1.62. The highest BCUT2D eigenvalue weighted by atomic mass is 16.5. The number of anilines is 1. The van der Waals surface area contributed by atoms with Crippen molar-refractivity contribution in [2.45, 2.75) is 31.2 Å². The largest absolute Gasteiger partial charge is 0.481 e. The molecular formula is C12H19N3O3. The van der Waals surface area contributed by atoms with Gasteiger partial charge >= 0.3 is 0 Å². The van der Waals surface area contributed by atoms with Crippen LogP contribution in [0, 0.1) is 0 Å². The van der Waals surface area contributed by atoms with Crippen molar-refractivity contribution in [3.05, 3.63) is 6.07 Å². The molecule has 0 aromatic carbocycles. The number of ether oxygens (including phenoxy) is 2. The Morgan fingerprint density at radius 1 is 1.22 bits per heavy atom. The average Bonchev–Trinajstić information content (AvgIpc) is 2.87. The molecule has 18 heavy (non-hydrogen) atoms. The second-order valence-electron chi connectivity index (χ2n) is 4.55. The number of nitrogens with one attached hydrogen (secondary N) is 1. The third-order valence-corrected chi connectivity index (χ3v) is 3.34. The van der Waals surface area contributed by atoms with Crippen molar-refractivity contribution in [1.29, 1.82) is 0 Å². The Bertz CT molecular complexity index is 383. The lowest BCUT2D eigenvalue weighted by Crippen LogP contribution is -2.39. The predicted molar refractivity (Wildman–Crippen MR) is 67.0 cm³/mol. The van der Waals surface area contributed by atoms with Gasteiger partial charge in [0.05, 0.1) is 32.4 Å². The van der Waals surface area contributed by atoms with Crippen LogP contribution in [0.25, 0.3) is 0 Å². The van der Waals surface area contributed by atoms with E-state index in [1.807, 2.05) is 0 Å². The number of hydrogen-bond donors (Lipinski definition) is 2. The molecule has 1 aromatic rings. The van der Waals surface area contributed by atoms with Gasteiger partial charge in [0.1, 0.15) is 0 Å². The number of nitrogens with zero attached hydrogens (tertiary/aromatic N) is 2. The highest BCUT2D eigenvalue weighted by Gasteiger charge is 2.34. The van der Waals surface area contributed by atoms with E-state index in [4.69, 9.17) is 9.47 Å². The Morgan fingerprint density at radius 3 is 2.22 bits per heavy atom. The van der Waals surface area contributed by atoms with Crippen molar-refractivity contribution >= 4 is 5.95 Å². The van der Waals surface area contributed by atoms with E-state index in [1.54, 1.807) is 20.3 Å². The summed E-state index contributed by atoms with van der Waals surface area (Å²) in [4.78, 5) is 8.44. The Hall–Kier alpha value is -1.56. The van der Waals surface area contributed by atoms with Crippen LogP contribution in [0.15, 0.2) is 6.07 Å². The smallest absolute Gasteiger partial charge is 0.229 e. The lowest BCUT2D eigenvalue weighted by atomic mass is 9.99. The summed E-state index contributed by atoms with van der Waals surface area (Å²) < 4.78 is 10.2. The molecule has 2 rings (SSSR count). The first-order valence-electron chi connectivity index (χ1n) is 6.07. The maximum absolute atomic E-state index is 9.55. The fraction of sp³-hybridized carbons (Fsp3) is 0.667. The van der Waals surface area contributed by atoms with Gasteiger partial charge in [-0.3, -0.25) is 0 Å². The number of methoxy groups -OCH3 is 2. The van der Waals surface area contributed by atoms with E-state index in [9.17, 15) is 5.11 Å². The monoisotopic (exact) mass is 253 g/mol. The molecule has 1 saturated carbocycles. The van der Waals surface area contributed by atoms with Crippen LogP contribution in [0.2, 0.25) is 0 Å². The molecule has 0 amide bonds. The van der Waals surface area contributed by atoms with E-state index in [0.717, 1.165) is 25.7 Å². The summed E-state index contributed by atoms with van der Waals surface area (Å²) in [5, 5.41) is 12.8. The lowest BCUT2D eigenvalue weighted by molar-refractivity contribution is 0.213. The molecule has 6 nitrogen and oxygen atoms in total. The first-order valence-corrected chi connectivity index (χ1v) is 6.07. The zero-order valence-electron chi connectivity index (χ0n) is 10.8. The minimum absolute atomic E-state index is 0.0793. The van der Waals surface area contributed by atoms with E-state index in [0.29, 0.717) is 17.7 Å². The van der Waals surface area contributed by atoms with Crippen LogP contribution in [0.4, 0.5) is 5.95 Å². The minimum atomic E-state index is -0.308. The Kier molecular flexibility index (Phi) is 3.86. The van der Waals surface area contributed by atoms with Crippen molar-refractivity contribution in [2.24, 2.45) is 0 Å². The van der Waals surface area contributed by atoms with E-state index < -0.39 is 0 Å². The fourth-order valence-corrected chi connectivity index (χ4v) is 2.28. The molecule has 1 aliphatic carbocycles. The topological polar surface area (TPSA) is 76.5 Å². The highest BCUT2D eigenvalue weighted by Crippen LogP contribution is 2.32. The summed E-state index contributed by atoms with van der Waals surface area (Å²) in [6.45, 7) is 0.0793. The lowest BCUT2D eigenvalue weighted by Gasteiger charge is -2.28. The Balaban J connectivity index is 2.21. The number of aliphatic hydroxyl groups is 1. The average molecular weight is 253 g/mol. The molecule has 0 atom stereocenters. The molecule has 0 unspecified atom stereocenters. The zero-order valence-corrected chi connectivity index (χ0v) is 10.8. The van der Waals surface area contributed by atoms with Gasteiger partial charge in [0.2, 0.25) is 17.7 Å². The first kappa shape index (κ1) is 12.9. The van der Waals surface area contributed by atoms with Crippen LogP contribution in [0.5, 0.6) is 11.8 Å². The van der Waals surface area contributed by atoms with Gasteiger partial charge in [-0.05, 0) is 12.8 Å². The molecule has 1 aliphatic rings. The normalized spacial score (nSPS) is 17.5. The van der Waals surface area contributed by atoms with Gasteiger partial charge in [-0.1, -0.05) is 12.8 Å². The number of aromatic nitrogens is 2. The Labute approximate surface area is 106 Å². The summed E-state index contributed by atoms with van der Waals surface area (Å²) in [6.07, 6.45) is 4.06. The third-order valence-electron chi connectivity index (χ3n) is 3.34. The molecule has 0 aliphatic heterocycles. The van der Waals surface area contributed by atoms with Gasteiger partial charge in [0, 0.05) is 0 Å². The van der Waals surface area contributed by atoms with Gasteiger partial charge in [0.25, 0.3) is 0 Å². The molecule has 1 fully saturated rings. The van der Waals surface area contributed by atoms with Gasteiger partial charge in [-0.2, -0.15) is 9.97 Å². The number of aliphatic hydroxyl groups excluding tert-OH is 1. The van der Waals surface area contributed by atoms with Crippen LogP contribution >= 0.6 is 0 Å². The van der Waals surface area contributed by atoms with Gasteiger partial charge in [0.15, 0.2) is 0 Å². The van der Waals surface area contributed by atoms with Gasteiger partial charge in [-0.15, -0.1) is 0 Å². The number of rotatable bonds is 5. The third kappa shape index (κ3) is 2.64. The maximum Gasteiger partial charge on any atom is 0.229 e. The van der Waals surface area contributed by atoms with Crippen molar-refractivity contribution in [3.63, 3.8) is 0 Å². The summed E-state index contributed by atoms with van der Waals surface area (Å²) in [5.74, 6) is 1.31. The predicted octanol–water partition coefficient (Wildman–Crippen LogP) is 1.21. The molecule has 0 bridgehead atoms. The van der Waals surface area contributed by atoms with Crippen molar-refractivity contribution < 1.29 is 14.6 Å².